The fraction of sp³-hybridized carbons (Fsp3) is 0.591. The number of methoxy groups -OCH3 is 1. The molecule has 0 fully saturated rings. The van der Waals surface area contributed by atoms with E-state index in [4.69, 9.17) is 4.74 Å². The van der Waals surface area contributed by atoms with Gasteiger partial charge in [0.1, 0.15) is 5.82 Å². The van der Waals surface area contributed by atoms with E-state index in [1.165, 1.54) is 14.0 Å². The minimum absolute atomic E-state index is 0.00225. The number of nitrogens with zero attached hydrogens (tertiary/aromatic N) is 2. The maximum atomic E-state index is 13.9. The molecule has 0 saturated carbocycles. The standard InChI is InChI=1S/C22H26F4N2O3/c1-5-8-21(20(29)30)18(9-12(2)31-4)28-13(3)16(11-27)19(21)15-7-6-14(23)10-17(15)22(24,25)26/h6-7,10,12,16,18-19H,5,8-9H2,1-4H3,(H,29,30). The molecule has 1 aromatic rings. The summed E-state index contributed by atoms with van der Waals surface area (Å²) in [4.78, 5) is 17.2. The van der Waals surface area contributed by atoms with Gasteiger partial charge in [-0.2, -0.15) is 18.4 Å². The van der Waals surface area contributed by atoms with E-state index in [2.05, 4.69) is 4.99 Å². The lowest BCUT2D eigenvalue weighted by Gasteiger charge is -2.48. The Morgan fingerprint density at radius 2 is 2.06 bits per heavy atom. The fourth-order valence-electron chi connectivity index (χ4n) is 4.65. The summed E-state index contributed by atoms with van der Waals surface area (Å²) >= 11 is 0. The first-order chi connectivity index (χ1) is 14.4. The second kappa shape index (κ2) is 9.35. The molecule has 0 aliphatic carbocycles. The topological polar surface area (TPSA) is 82.7 Å². The molecule has 1 heterocycles. The van der Waals surface area contributed by atoms with E-state index in [1.807, 2.05) is 6.07 Å². The summed E-state index contributed by atoms with van der Waals surface area (Å²) in [6.45, 7) is 4.95. The molecule has 5 nitrogen and oxygen atoms in total. The first kappa shape index (κ1) is 24.8. The van der Waals surface area contributed by atoms with Crippen molar-refractivity contribution in [2.45, 2.75) is 64.3 Å². The van der Waals surface area contributed by atoms with E-state index in [0.29, 0.717) is 12.5 Å². The fourth-order valence-corrected chi connectivity index (χ4v) is 4.65. The van der Waals surface area contributed by atoms with Gasteiger partial charge in [-0.1, -0.05) is 19.4 Å². The van der Waals surface area contributed by atoms with E-state index in [0.717, 1.165) is 12.1 Å². The third-order valence-corrected chi connectivity index (χ3v) is 6.11. The first-order valence-corrected chi connectivity index (χ1v) is 10.0. The Labute approximate surface area is 178 Å². The van der Waals surface area contributed by atoms with Crippen molar-refractivity contribution in [1.29, 1.82) is 5.26 Å². The van der Waals surface area contributed by atoms with Crippen molar-refractivity contribution >= 4 is 11.7 Å². The first-order valence-electron chi connectivity index (χ1n) is 10.0. The molecule has 0 amide bonds. The van der Waals surface area contributed by atoms with Gasteiger partial charge in [-0.3, -0.25) is 9.79 Å². The van der Waals surface area contributed by atoms with Gasteiger partial charge in [0.2, 0.25) is 0 Å². The largest absolute Gasteiger partial charge is 0.481 e. The Kier molecular flexibility index (Phi) is 7.48. The number of aliphatic carboxylic acids is 1. The van der Waals surface area contributed by atoms with Crippen LogP contribution < -0.4 is 0 Å². The Hall–Kier alpha value is -2.47. The summed E-state index contributed by atoms with van der Waals surface area (Å²) in [6.07, 6.45) is -4.84. The maximum Gasteiger partial charge on any atom is 0.416 e. The zero-order valence-electron chi connectivity index (χ0n) is 17.8. The molecule has 0 aromatic heterocycles. The lowest BCUT2D eigenvalue weighted by Crippen LogP contribution is -2.54. The number of carboxylic acids is 1. The molecule has 0 saturated heterocycles. The molecule has 1 N–H and O–H groups in total. The van der Waals surface area contributed by atoms with Crippen LogP contribution in [0.3, 0.4) is 0 Å². The van der Waals surface area contributed by atoms with Gasteiger partial charge in [0.05, 0.1) is 35.1 Å². The summed E-state index contributed by atoms with van der Waals surface area (Å²) in [6, 6.07) is 3.23. The zero-order valence-corrected chi connectivity index (χ0v) is 17.8. The number of alkyl halides is 3. The number of ether oxygens (including phenoxy) is 1. The number of nitriles is 1. The van der Waals surface area contributed by atoms with Gasteiger partial charge in [0.25, 0.3) is 0 Å². The highest BCUT2D eigenvalue weighted by Gasteiger charge is 2.59. The molecule has 0 radical (unpaired) electrons. The normalized spacial score (nSPS) is 27.3. The Balaban J connectivity index is 2.91. The van der Waals surface area contributed by atoms with Crippen LogP contribution in [0.25, 0.3) is 0 Å². The van der Waals surface area contributed by atoms with Crippen molar-refractivity contribution in [3.8, 4) is 6.07 Å². The Bertz CT molecular complexity index is 894. The van der Waals surface area contributed by atoms with Crippen molar-refractivity contribution in [2.24, 2.45) is 16.3 Å². The molecule has 9 heteroatoms. The summed E-state index contributed by atoms with van der Waals surface area (Å²) in [5, 5.41) is 20.2. The molecular weight excluding hydrogens is 416 g/mol. The quantitative estimate of drug-likeness (QED) is 0.588. The van der Waals surface area contributed by atoms with Crippen LogP contribution in [0, 0.1) is 28.5 Å². The lowest BCUT2D eigenvalue weighted by atomic mass is 9.57. The number of rotatable bonds is 7. The third-order valence-electron chi connectivity index (χ3n) is 6.11. The molecule has 1 aliphatic heterocycles. The molecule has 2 rings (SSSR count). The second-order valence-corrected chi connectivity index (χ2v) is 7.98. The molecule has 5 unspecified atom stereocenters. The highest BCUT2D eigenvalue weighted by atomic mass is 19.4. The lowest BCUT2D eigenvalue weighted by molar-refractivity contribution is -0.155. The molecule has 1 aliphatic rings. The van der Waals surface area contributed by atoms with E-state index in [9.17, 15) is 32.7 Å². The number of aliphatic imine (C=N–C) groups is 1. The third kappa shape index (κ3) is 4.59. The number of benzene rings is 1. The minimum Gasteiger partial charge on any atom is -0.481 e. The van der Waals surface area contributed by atoms with Crippen molar-refractivity contribution < 1.29 is 32.2 Å². The van der Waals surface area contributed by atoms with Crippen LogP contribution in [0.4, 0.5) is 17.6 Å². The van der Waals surface area contributed by atoms with Crippen LogP contribution in [0.2, 0.25) is 0 Å². The predicted octanol–water partition coefficient (Wildman–Crippen LogP) is 5.21. The SMILES string of the molecule is CCCC1(C(=O)O)C(CC(C)OC)N=C(C)C(C#N)C1c1ccc(F)cc1C(F)(F)F. The van der Waals surface area contributed by atoms with Gasteiger partial charge in [0, 0.05) is 18.7 Å². The number of hydrogen-bond acceptors (Lipinski definition) is 4. The van der Waals surface area contributed by atoms with Crippen molar-refractivity contribution in [2.75, 3.05) is 7.11 Å². The molecule has 5 atom stereocenters. The molecular formula is C22H26F4N2O3. The number of halogens is 4. The van der Waals surface area contributed by atoms with E-state index in [-0.39, 0.29) is 18.6 Å². The summed E-state index contributed by atoms with van der Waals surface area (Å²) in [5.74, 6) is -4.99. The van der Waals surface area contributed by atoms with E-state index in [1.54, 1.807) is 13.8 Å². The van der Waals surface area contributed by atoms with Crippen LogP contribution in [-0.4, -0.2) is 36.0 Å². The molecule has 0 spiro atoms. The van der Waals surface area contributed by atoms with Crippen LogP contribution in [0.15, 0.2) is 23.2 Å². The van der Waals surface area contributed by atoms with E-state index >= 15 is 0 Å². The van der Waals surface area contributed by atoms with Crippen molar-refractivity contribution in [3.63, 3.8) is 0 Å². The summed E-state index contributed by atoms with van der Waals surface area (Å²) < 4.78 is 60.6. The van der Waals surface area contributed by atoms with Gasteiger partial charge < -0.3 is 9.84 Å². The van der Waals surface area contributed by atoms with Crippen LogP contribution in [-0.2, 0) is 15.7 Å². The summed E-state index contributed by atoms with van der Waals surface area (Å²) in [7, 11) is 1.45. The predicted molar refractivity (Wildman–Crippen MR) is 106 cm³/mol. The van der Waals surface area contributed by atoms with E-state index < -0.39 is 58.5 Å². The van der Waals surface area contributed by atoms with Gasteiger partial charge in [-0.05, 0) is 44.4 Å². The highest BCUT2D eigenvalue weighted by molar-refractivity contribution is 5.92. The maximum absolute atomic E-state index is 13.9. The van der Waals surface area contributed by atoms with Crippen LogP contribution >= 0.6 is 0 Å². The number of hydrogen-bond donors (Lipinski definition) is 1. The average Bonchev–Trinajstić information content (AvgIpc) is 2.68. The monoisotopic (exact) mass is 442 g/mol. The zero-order chi connectivity index (χ0) is 23.6. The van der Waals surface area contributed by atoms with Gasteiger partial charge in [-0.15, -0.1) is 0 Å². The average molecular weight is 442 g/mol. The smallest absolute Gasteiger partial charge is 0.416 e. The molecule has 170 valence electrons. The van der Waals surface area contributed by atoms with Gasteiger partial charge in [0.15, 0.2) is 0 Å². The van der Waals surface area contributed by atoms with Crippen molar-refractivity contribution in [1.82, 2.24) is 0 Å². The molecule has 0 bridgehead atoms. The second-order valence-electron chi connectivity index (χ2n) is 7.98. The van der Waals surface area contributed by atoms with Gasteiger partial charge in [-0.25, -0.2) is 4.39 Å². The Morgan fingerprint density at radius 3 is 2.55 bits per heavy atom. The minimum atomic E-state index is -4.92. The Morgan fingerprint density at radius 1 is 1.42 bits per heavy atom. The van der Waals surface area contributed by atoms with Crippen LogP contribution in [0.1, 0.15) is 57.1 Å². The molecule has 31 heavy (non-hydrogen) atoms. The van der Waals surface area contributed by atoms with Gasteiger partial charge >= 0.3 is 12.1 Å². The summed E-state index contributed by atoms with van der Waals surface area (Å²) in [5.41, 5.74) is -3.21. The molecule has 1 aromatic carbocycles. The van der Waals surface area contributed by atoms with Crippen LogP contribution in [0.5, 0.6) is 0 Å². The van der Waals surface area contributed by atoms with Crippen molar-refractivity contribution in [3.05, 3.63) is 35.1 Å². The number of carboxylic acid groups (broad SMARTS) is 1. The highest BCUT2D eigenvalue weighted by Crippen LogP contribution is 2.55. The number of carbonyl (C=O) groups is 1.